The van der Waals surface area contributed by atoms with Crippen LogP contribution in [0.15, 0.2) is 0 Å². The summed E-state index contributed by atoms with van der Waals surface area (Å²) in [6.07, 6.45) is 12.3. The number of esters is 1. The van der Waals surface area contributed by atoms with E-state index in [2.05, 4.69) is 6.92 Å². The van der Waals surface area contributed by atoms with E-state index in [0.717, 1.165) is 13.0 Å². The molecule has 1 atom stereocenters. The van der Waals surface area contributed by atoms with E-state index in [9.17, 15) is 4.79 Å². The standard InChI is InChI=1S/C22H44O7/c1-2-3-4-5-6-7-8-9-10-11-13-26-15-17-28-18-16-27-14-12-22(25)29-20-21(24)19-23/h21,23-24H,2-20H2,1H3. The molecule has 0 rings (SSSR count). The van der Waals surface area contributed by atoms with E-state index in [1.807, 2.05) is 0 Å². The molecule has 0 saturated heterocycles. The zero-order valence-electron chi connectivity index (χ0n) is 18.4. The van der Waals surface area contributed by atoms with Crippen LogP contribution in [0.3, 0.4) is 0 Å². The van der Waals surface area contributed by atoms with Gasteiger partial charge in [0.05, 0.1) is 46.1 Å². The van der Waals surface area contributed by atoms with Gasteiger partial charge in [-0.1, -0.05) is 64.7 Å². The topological polar surface area (TPSA) is 94.5 Å². The lowest BCUT2D eigenvalue weighted by atomic mass is 10.1. The summed E-state index contributed by atoms with van der Waals surface area (Å²) in [4.78, 5) is 11.3. The zero-order chi connectivity index (χ0) is 21.4. The maximum atomic E-state index is 11.3. The number of hydrogen-bond acceptors (Lipinski definition) is 7. The quantitative estimate of drug-likeness (QED) is 0.194. The van der Waals surface area contributed by atoms with Crippen molar-refractivity contribution in [1.29, 1.82) is 0 Å². The highest BCUT2D eigenvalue weighted by Gasteiger charge is 2.07. The first-order valence-electron chi connectivity index (χ1n) is 11.4. The van der Waals surface area contributed by atoms with Gasteiger partial charge in [-0.05, 0) is 6.42 Å². The Bertz CT molecular complexity index is 339. The van der Waals surface area contributed by atoms with Crippen LogP contribution in [0.4, 0.5) is 0 Å². The third-order valence-electron chi connectivity index (χ3n) is 4.48. The van der Waals surface area contributed by atoms with Gasteiger partial charge in [-0.25, -0.2) is 0 Å². The predicted molar refractivity (Wildman–Crippen MR) is 113 cm³/mol. The van der Waals surface area contributed by atoms with E-state index >= 15 is 0 Å². The number of ether oxygens (including phenoxy) is 4. The molecule has 0 spiro atoms. The normalized spacial score (nSPS) is 12.2. The number of unbranched alkanes of at least 4 members (excludes halogenated alkanes) is 9. The van der Waals surface area contributed by atoms with Gasteiger partial charge in [-0.15, -0.1) is 0 Å². The Balaban J connectivity index is 3.11. The minimum Gasteiger partial charge on any atom is -0.463 e. The molecule has 29 heavy (non-hydrogen) atoms. The van der Waals surface area contributed by atoms with E-state index in [4.69, 9.17) is 29.2 Å². The molecule has 0 radical (unpaired) electrons. The Labute approximate surface area is 177 Å². The second kappa shape index (κ2) is 23.5. The first kappa shape index (κ1) is 28.3. The fraction of sp³-hybridized carbons (Fsp3) is 0.955. The summed E-state index contributed by atoms with van der Waals surface area (Å²) >= 11 is 0. The number of rotatable bonds is 23. The monoisotopic (exact) mass is 420 g/mol. The smallest absolute Gasteiger partial charge is 0.308 e. The molecule has 7 nitrogen and oxygen atoms in total. The highest BCUT2D eigenvalue weighted by molar-refractivity contribution is 5.69. The van der Waals surface area contributed by atoms with Crippen molar-refractivity contribution >= 4 is 5.97 Å². The van der Waals surface area contributed by atoms with Gasteiger partial charge in [-0.2, -0.15) is 0 Å². The van der Waals surface area contributed by atoms with Crippen LogP contribution >= 0.6 is 0 Å². The van der Waals surface area contributed by atoms with Gasteiger partial charge in [0.15, 0.2) is 0 Å². The van der Waals surface area contributed by atoms with E-state index in [0.29, 0.717) is 26.4 Å². The molecule has 0 bridgehead atoms. The van der Waals surface area contributed by atoms with Crippen LogP contribution in [0, 0.1) is 0 Å². The first-order valence-corrected chi connectivity index (χ1v) is 11.4. The predicted octanol–water partition coefficient (Wildman–Crippen LogP) is 3.24. The summed E-state index contributed by atoms with van der Waals surface area (Å²) in [5, 5.41) is 17.7. The van der Waals surface area contributed by atoms with Crippen molar-refractivity contribution in [2.45, 2.75) is 83.7 Å². The number of aliphatic hydroxyl groups is 2. The lowest BCUT2D eigenvalue weighted by molar-refractivity contribution is -0.148. The summed E-state index contributed by atoms with van der Waals surface area (Å²) in [5.74, 6) is -0.459. The summed E-state index contributed by atoms with van der Waals surface area (Å²) in [5.41, 5.74) is 0. The van der Waals surface area contributed by atoms with Crippen molar-refractivity contribution in [3.05, 3.63) is 0 Å². The summed E-state index contributed by atoms with van der Waals surface area (Å²) < 4.78 is 21.0. The third kappa shape index (κ3) is 23.4. The van der Waals surface area contributed by atoms with Crippen LogP contribution in [0.25, 0.3) is 0 Å². The molecule has 0 aromatic heterocycles. The average Bonchev–Trinajstić information content (AvgIpc) is 2.73. The van der Waals surface area contributed by atoms with Crippen LogP contribution in [0.2, 0.25) is 0 Å². The third-order valence-corrected chi connectivity index (χ3v) is 4.48. The molecule has 2 N–H and O–H groups in total. The van der Waals surface area contributed by atoms with Gasteiger partial charge in [0.2, 0.25) is 0 Å². The summed E-state index contributed by atoms with van der Waals surface area (Å²) in [7, 11) is 0. The van der Waals surface area contributed by atoms with Crippen LogP contribution in [0.5, 0.6) is 0 Å². The molecule has 1 unspecified atom stereocenters. The molecule has 174 valence electrons. The SMILES string of the molecule is CCCCCCCCCCCCOCCOCCOCCC(=O)OCC(O)CO. The molecule has 0 fully saturated rings. The minimum absolute atomic E-state index is 0.111. The molecular formula is C22H44O7. The number of carbonyl (C=O) groups is 1. The lowest BCUT2D eigenvalue weighted by Gasteiger charge is -2.09. The molecule has 0 aromatic carbocycles. The summed E-state index contributed by atoms with van der Waals surface area (Å²) in [6.45, 7) is 4.67. The lowest BCUT2D eigenvalue weighted by Crippen LogP contribution is -2.22. The van der Waals surface area contributed by atoms with Gasteiger partial charge in [-0.3, -0.25) is 4.79 Å². The van der Waals surface area contributed by atoms with Gasteiger partial charge >= 0.3 is 5.97 Å². The second-order valence-corrected chi connectivity index (χ2v) is 7.29. The Hall–Kier alpha value is -0.730. The maximum Gasteiger partial charge on any atom is 0.308 e. The van der Waals surface area contributed by atoms with Crippen molar-refractivity contribution in [3.63, 3.8) is 0 Å². The van der Waals surface area contributed by atoms with Gasteiger partial charge in [0.25, 0.3) is 0 Å². The van der Waals surface area contributed by atoms with Crippen molar-refractivity contribution in [2.75, 3.05) is 52.9 Å². The summed E-state index contributed by atoms with van der Waals surface area (Å²) in [6, 6.07) is 0. The molecular weight excluding hydrogens is 376 g/mol. The van der Waals surface area contributed by atoms with Gasteiger partial charge in [0.1, 0.15) is 12.7 Å². The van der Waals surface area contributed by atoms with Crippen LogP contribution in [0.1, 0.15) is 77.6 Å². The van der Waals surface area contributed by atoms with Crippen molar-refractivity contribution < 1.29 is 34.0 Å². The maximum absolute atomic E-state index is 11.3. The highest BCUT2D eigenvalue weighted by Crippen LogP contribution is 2.10. The average molecular weight is 421 g/mol. The molecule has 0 aliphatic carbocycles. The minimum atomic E-state index is -1.03. The molecule has 7 heteroatoms. The van der Waals surface area contributed by atoms with Crippen LogP contribution in [-0.4, -0.2) is 75.1 Å². The molecule has 0 aliphatic rings. The van der Waals surface area contributed by atoms with Crippen molar-refractivity contribution in [3.8, 4) is 0 Å². The first-order chi connectivity index (χ1) is 14.2. The fourth-order valence-electron chi connectivity index (χ4n) is 2.70. The Kier molecular flexibility index (Phi) is 23.0. The molecule has 0 aliphatic heterocycles. The van der Waals surface area contributed by atoms with Crippen LogP contribution < -0.4 is 0 Å². The molecule has 0 aromatic rings. The van der Waals surface area contributed by atoms with Gasteiger partial charge < -0.3 is 29.2 Å². The fourth-order valence-corrected chi connectivity index (χ4v) is 2.70. The second-order valence-electron chi connectivity index (χ2n) is 7.29. The number of carbonyl (C=O) groups excluding carboxylic acids is 1. The zero-order valence-corrected chi connectivity index (χ0v) is 18.4. The van der Waals surface area contributed by atoms with E-state index in [1.54, 1.807) is 0 Å². The van der Waals surface area contributed by atoms with E-state index in [-0.39, 0.29) is 19.6 Å². The van der Waals surface area contributed by atoms with Crippen molar-refractivity contribution in [1.82, 2.24) is 0 Å². The molecule has 0 amide bonds. The molecule has 0 saturated carbocycles. The van der Waals surface area contributed by atoms with Gasteiger partial charge in [0, 0.05) is 6.61 Å². The highest BCUT2D eigenvalue weighted by atomic mass is 16.6. The number of aliphatic hydroxyl groups excluding tert-OH is 2. The van der Waals surface area contributed by atoms with E-state index < -0.39 is 18.7 Å². The molecule has 0 heterocycles. The van der Waals surface area contributed by atoms with Crippen molar-refractivity contribution in [2.24, 2.45) is 0 Å². The Morgan fingerprint density at radius 2 is 1.21 bits per heavy atom. The Morgan fingerprint density at radius 1 is 0.724 bits per heavy atom. The largest absolute Gasteiger partial charge is 0.463 e. The van der Waals surface area contributed by atoms with Crippen LogP contribution in [-0.2, 0) is 23.7 Å². The van der Waals surface area contributed by atoms with E-state index in [1.165, 1.54) is 57.8 Å². The Morgan fingerprint density at radius 3 is 1.76 bits per heavy atom. The number of hydrogen-bond donors (Lipinski definition) is 2.